The summed E-state index contributed by atoms with van der Waals surface area (Å²) in [4.78, 5) is 6.58. The molecule has 4 nitrogen and oxygen atoms in total. The van der Waals surface area contributed by atoms with Gasteiger partial charge in [-0.2, -0.15) is 8.78 Å². The standard InChI is InChI=1S/C10H10F4N4/c11-8(12)10(13,14)4-16-9-17-6-2-1-5(15)3-7(6)18-9/h1-3,8H,4,15H2,(H2,16,17,18). The molecule has 4 N–H and O–H groups in total. The van der Waals surface area contributed by atoms with Crippen LogP contribution in [0.25, 0.3) is 11.0 Å². The number of nitrogen functional groups attached to an aromatic ring is 1. The number of benzene rings is 1. The van der Waals surface area contributed by atoms with Gasteiger partial charge in [-0.1, -0.05) is 0 Å². The van der Waals surface area contributed by atoms with Gasteiger partial charge in [0.2, 0.25) is 5.95 Å². The van der Waals surface area contributed by atoms with Gasteiger partial charge in [-0.05, 0) is 18.2 Å². The third-order valence-electron chi connectivity index (χ3n) is 2.32. The van der Waals surface area contributed by atoms with Crippen LogP contribution in [0.4, 0.5) is 29.2 Å². The second kappa shape index (κ2) is 4.35. The topological polar surface area (TPSA) is 66.7 Å². The highest BCUT2D eigenvalue weighted by molar-refractivity contribution is 5.80. The molecule has 8 heteroatoms. The van der Waals surface area contributed by atoms with Crippen LogP contribution in [0.15, 0.2) is 18.2 Å². The number of aromatic amines is 1. The fourth-order valence-corrected chi connectivity index (χ4v) is 1.39. The van der Waals surface area contributed by atoms with Crippen LogP contribution in [0.3, 0.4) is 0 Å². The summed E-state index contributed by atoms with van der Waals surface area (Å²) in [6.45, 7) is -1.19. The van der Waals surface area contributed by atoms with E-state index in [1.54, 1.807) is 18.2 Å². The SMILES string of the molecule is Nc1ccc2nc(NCC(F)(F)C(F)F)[nH]c2c1. The number of hydrogen-bond acceptors (Lipinski definition) is 3. The van der Waals surface area contributed by atoms with Crippen molar-refractivity contribution in [1.29, 1.82) is 0 Å². The Kier molecular flexibility index (Phi) is 3.02. The molecule has 0 aliphatic rings. The molecule has 0 amide bonds. The van der Waals surface area contributed by atoms with Gasteiger partial charge in [0.25, 0.3) is 0 Å². The summed E-state index contributed by atoms with van der Waals surface area (Å²) >= 11 is 0. The van der Waals surface area contributed by atoms with Crippen LogP contribution in [0, 0.1) is 0 Å². The number of imidazole rings is 1. The Morgan fingerprint density at radius 3 is 2.78 bits per heavy atom. The van der Waals surface area contributed by atoms with E-state index in [1.165, 1.54) is 0 Å². The fraction of sp³-hybridized carbons (Fsp3) is 0.300. The molecule has 0 aliphatic carbocycles. The molecule has 2 rings (SSSR count). The van der Waals surface area contributed by atoms with Crippen molar-refractivity contribution < 1.29 is 17.6 Å². The minimum atomic E-state index is -4.10. The molecule has 1 aromatic carbocycles. The van der Waals surface area contributed by atoms with Crippen molar-refractivity contribution in [1.82, 2.24) is 9.97 Å². The Hall–Kier alpha value is -1.99. The number of halogens is 4. The van der Waals surface area contributed by atoms with Crippen LogP contribution in [-0.2, 0) is 0 Å². The number of anilines is 2. The predicted molar refractivity (Wildman–Crippen MR) is 59.9 cm³/mol. The minimum Gasteiger partial charge on any atom is -0.399 e. The Balaban J connectivity index is 2.13. The normalized spacial score (nSPS) is 12.3. The largest absolute Gasteiger partial charge is 0.399 e. The summed E-state index contributed by atoms with van der Waals surface area (Å²) in [7, 11) is 0. The number of hydrogen-bond donors (Lipinski definition) is 3. The number of nitrogens with one attached hydrogen (secondary N) is 2. The Bertz CT molecular complexity index is 552. The average molecular weight is 262 g/mol. The van der Waals surface area contributed by atoms with Crippen LogP contribution < -0.4 is 11.1 Å². The second-order valence-electron chi connectivity index (χ2n) is 3.78. The molecule has 1 aromatic heterocycles. The van der Waals surface area contributed by atoms with Gasteiger partial charge < -0.3 is 16.0 Å². The first-order valence-corrected chi connectivity index (χ1v) is 5.03. The maximum atomic E-state index is 12.7. The molecule has 0 aliphatic heterocycles. The molecular weight excluding hydrogens is 252 g/mol. The lowest BCUT2D eigenvalue weighted by molar-refractivity contribution is -0.117. The first kappa shape index (κ1) is 12.5. The number of nitrogens with zero attached hydrogens (tertiary/aromatic N) is 1. The number of nitrogens with two attached hydrogens (primary N) is 1. The fourth-order valence-electron chi connectivity index (χ4n) is 1.39. The molecule has 1 heterocycles. The number of aromatic nitrogens is 2. The molecule has 0 unspecified atom stereocenters. The van der Waals surface area contributed by atoms with E-state index in [9.17, 15) is 17.6 Å². The third-order valence-corrected chi connectivity index (χ3v) is 2.32. The lowest BCUT2D eigenvalue weighted by atomic mass is 10.3. The van der Waals surface area contributed by atoms with E-state index in [0.717, 1.165) is 0 Å². The van der Waals surface area contributed by atoms with Crippen molar-refractivity contribution in [3.63, 3.8) is 0 Å². The Morgan fingerprint density at radius 2 is 2.11 bits per heavy atom. The minimum absolute atomic E-state index is 0.00377. The van der Waals surface area contributed by atoms with Crippen LogP contribution in [0.2, 0.25) is 0 Å². The van der Waals surface area contributed by atoms with Gasteiger partial charge in [-0.25, -0.2) is 13.8 Å². The van der Waals surface area contributed by atoms with E-state index in [-0.39, 0.29) is 5.95 Å². The molecule has 0 spiro atoms. The number of alkyl halides is 4. The van der Waals surface area contributed by atoms with Crippen LogP contribution >= 0.6 is 0 Å². The maximum absolute atomic E-state index is 12.7. The van der Waals surface area contributed by atoms with E-state index >= 15 is 0 Å². The predicted octanol–water partition coefficient (Wildman–Crippen LogP) is 2.46. The highest BCUT2D eigenvalue weighted by Gasteiger charge is 2.40. The Labute approximate surface area is 99.2 Å². The van der Waals surface area contributed by atoms with Gasteiger partial charge in [0.1, 0.15) is 0 Å². The maximum Gasteiger partial charge on any atom is 0.324 e. The van der Waals surface area contributed by atoms with Crippen LogP contribution in [0.5, 0.6) is 0 Å². The summed E-state index contributed by atoms with van der Waals surface area (Å²) in [5.41, 5.74) is 7.06. The first-order valence-electron chi connectivity index (χ1n) is 5.03. The first-order chi connectivity index (χ1) is 8.38. The van der Waals surface area contributed by atoms with Gasteiger partial charge in [0, 0.05) is 5.69 Å². The molecule has 0 saturated carbocycles. The molecule has 98 valence electrons. The molecule has 0 fully saturated rings. The monoisotopic (exact) mass is 262 g/mol. The summed E-state index contributed by atoms with van der Waals surface area (Å²) < 4.78 is 49.2. The third kappa shape index (κ3) is 2.47. The highest BCUT2D eigenvalue weighted by atomic mass is 19.3. The average Bonchev–Trinajstić information content (AvgIpc) is 2.68. The Morgan fingerprint density at radius 1 is 1.39 bits per heavy atom. The van der Waals surface area contributed by atoms with E-state index < -0.39 is 18.9 Å². The van der Waals surface area contributed by atoms with Crippen molar-refractivity contribution in [2.45, 2.75) is 12.3 Å². The van der Waals surface area contributed by atoms with Crippen molar-refractivity contribution >= 4 is 22.7 Å². The lowest BCUT2D eigenvalue weighted by Crippen LogP contribution is -2.35. The number of H-pyrrole nitrogens is 1. The zero-order chi connectivity index (χ0) is 13.3. The lowest BCUT2D eigenvalue weighted by Gasteiger charge is -2.14. The van der Waals surface area contributed by atoms with Crippen molar-refractivity contribution in [3.05, 3.63) is 18.2 Å². The molecule has 0 saturated heterocycles. The summed E-state index contributed by atoms with van der Waals surface area (Å²) in [5.74, 6) is -4.10. The van der Waals surface area contributed by atoms with Crippen molar-refractivity contribution in [3.8, 4) is 0 Å². The van der Waals surface area contributed by atoms with Crippen LogP contribution in [0.1, 0.15) is 0 Å². The molecule has 0 radical (unpaired) electrons. The van der Waals surface area contributed by atoms with Gasteiger partial charge >= 0.3 is 12.3 Å². The molecule has 18 heavy (non-hydrogen) atoms. The van der Waals surface area contributed by atoms with E-state index in [4.69, 9.17) is 5.73 Å². The smallest absolute Gasteiger partial charge is 0.324 e. The number of rotatable bonds is 4. The van der Waals surface area contributed by atoms with Gasteiger partial charge in [0.05, 0.1) is 17.6 Å². The zero-order valence-corrected chi connectivity index (χ0v) is 9.05. The van der Waals surface area contributed by atoms with E-state index in [1.807, 2.05) is 0 Å². The quantitative estimate of drug-likeness (QED) is 0.585. The zero-order valence-electron chi connectivity index (χ0n) is 9.05. The van der Waals surface area contributed by atoms with E-state index in [0.29, 0.717) is 16.7 Å². The van der Waals surface area contributed by atoms with Gasteiger partial charge in [-0.15, -0.1) is 0 Å². The van der Waals surface area contributed by atoms with Crippen molar-refractivity contribution in [2.75, 3.05) is 17.6 Å². The molecule has 2 aromatic rings. The van der Waals surface area contributed by atoms with Gasteiger partial charge in [-0.3, -0.25) is 0 Å². The van der Waals surface area contributed by atoms with Crippen molar-refractivity contribution in [2.24, 2.45) is 0 Å². The molecule has 0 atom stereocenters. The number of fused-ring (bicyclic) bond motifs is 1. The van der Waals surface area contributed by atoms with E-state index in [2.05, 4.69) is 15.3 Å². The highest BCUT2D eigenvalue weighted by Crippen LogP contribution is 2.23. The summed E-state index contributed by atoms with van der Waals surface area (Å²) in [5, 5.41) is 2.14. The van der Waals surface area contributed by atoms with Crippen LogP contribution in [-0.4, -0.2) is 28.9 Å². The summed E-state index contributed by atoms with van der Waals surface area (Å²) in [6, 6.07) is 4.76. The van der Waals surface area contributed by atoms with Gasteiger partial charge in [0.15, 0.2) is 0 Å². The second-order valence-corrected chi connectivity index (χ2v) is 3.78. The molecular formula is C10H10F4N4. The molecule has 0 bridgehead atoms. The summed E-state index contributed by atoms with van der Waals surface area (Å²) in [6.07, 6.45) is -3.72.